The normalized spacial score (nSPS) is 16.2. The van der Waals surface area contributed by atoms with Gasteiger partial charge in [0.05, 0.1) is 0 Å². The van der Waals surface area contributed by atoms with E-state index in [-0.39, 0.29) is 0 Å². The number of rotatable bonds is 5. The van der Waals surface area contributed by atoms with Crippen LogP contribution in [0, 0.1) is 0 Å². The lowest BCUT2D eigenvalue weighted by Gasteiger charge is -2.27. The number of hydrogen-bond acceptors (Lipinski definition) is 2. The van der Waals surface area contributed by atoms with Crippen LogP contribution in [0.3, 0.4) is 0 Å². The summed E-state index contributed by atoms with van der Waals surface area (Å²) >= 11 is 0. The lowest BCUT2D eigenvalue weighted by atomic mass is 9.89. The first-order chi connectivity index (χ1) is 9.17. The number of likely N-dealkylation sites (N-methyl/N-ethyl adjacent to an activating group) is 1. The van der Waals surface area contributed by atoms with Crippen LogP contribution < -0.4 is 0 Å². The highest BCUT2D eigenvalue weighted by atomic mass is 16.4. The van der Waals surface area contributed by atoms with Gasteiger partial charge in [0.2, 0.25) is 0 Å². The van der Waals surface area contributed by atoms with E-state index >= 15 is 0 Å². The zero-order valence-corrected chi connectivity index (χ0v) is 11.9. The fourth-order valence-electron chi connectivity index (χ4n) is 3.02. The van der Waals surface area contributed by atoms with Crippen molar-refractivity contribution >= 4 is 5.97 Å². The van der Waals surface area contributed by atoms with Crippen LogP contribution in [-0.2, 0) is 17.6 Å². The standard InChI is InChI=1S/C16H23NO2/c1-3-17(4-2)15(16(18)19)14-10-9-12-7-5-6-8-13(12)11-14/h9-11,15H,3-8H2,1-2H3,(H,18,19). The molecule has 0 radical (unpaired) electrons. The van der Waals surface area contributed by atoms with Crippen LogP contribution in [0.15, 0.2) is 18.2 Å². The van der Waals surface area contributed by atoms with Crippen molar-refractivity contribution in [2.24, 2.45) is 0 Å². The molecule has 1 unspecified atom stereocenters. The van der Waals surface area contributed by atoms with E-state index in [2.05, 4.69) is 12.1 Å². The van der Waals surface area contributed by atoms with E-state index in [1.165, 1.54) is 24.0 Å². The predicted octanol–water partition coefficient (Wildman–Crippen LogP) is 3.03. The molecule has 0 spiro atoms. The minimum atomic E-state index is -0.751. The summed E-state index contributed by atoms with van der Waals surface area (Å²) in [6, 6.07) is 5.73. The van der Waals surface area contributed by atoms with Crippen LogP contribution in [0.4, 0.5) is 0 Å². The Hall–Kier alpha value is -1.35. The summed E-state index contributed by atoms with van der Waals surface area (Å²) in [5.41, 5.74) is 3.68. The van der Waals surface area contributed by atoms with E-state index < -0.39 is 12.0 Å². The van der Waals surface area contributed by atoms with Crippen LogP contribution in [0.25, 0.3) is 0 Å². The van der Waals surface area contributed by atoms with E-state index in [0.717, 1.165) is 31.5 Å². The second-order valence-corrected chi connectivity index (χ2v) is 5.20. The highest BCUT2D eigenvalue weighted by Gasteiger charge is 2.26. The second kappa shape index (κ2) is 6.20. The van der Waals surface area contributed by atoms with Gasteiger partial charge < -0.3 is 5.11 Å². The minimum Gasteiger partial charge on any atom is -0.480 e. The Bertz CT molecular complexity index is 452. The summed E-state index contributed by atoms with van der Waals surface area (Å²) in [5.74, 6) is -0.751. The van der Waals surface area contributed by atoms with Crippen molar-refractivity contribution in [2.45, 2.75) is 45.6 Å². The number of carboxylic acid groups (broad SMARTS) is 1. The van der Waals surface area contributed by atoms with Gasteiger partial charge >= 0.3 is 5.97 Å². The van der Waals surface area contributed by atoms with E-state index in [0.29, 0.717) is 0 Å². The average molecular weight is 261 g/mol. The molecule has 1 aromatic carbocycles. The van der Waals surface area contributed by atoms with Gasteiger partial charge in [0.1, 0.15) is 6.04 Å². The Labute approximate surface area is 115 Å². The topological polar surface area (TPSA) is 40.5 Å². The molecule has 0 aliphatic heterocycles. The molecule has 0 fully saturated rings. The molecule has 0 heterocycles. The maximum atomic E-state index is 11.6. The maximum absolute atomic E-state index is 11.6. The Morgan fingerprint density at radius 1 is 1.21 bits per heavy atom. The Morgan fingerprint density at radius 2 is 1.84 bits per heavy atom. The molecule has 1 aliphatic rings. The summed E-state index contributed by atoms with van der Waals surface area (Å²) in [4.78, 5) is 13.6. The molecule has 0 saturated heterocycles. The monoisotopic (exact) mass is 261 g/mol. The molecule has 3 heteroatoms. The third-order valence-corrected chi connectivity index (χ3v) is 4.10. The van der Waals surface area contributed by atoms with Crippen LogP contribution in [0.2, 0.25) is 0 Å². The van der Waals surface area contributed by atoms with Gasteiger partial charge in [0.25, 0.3) is 0 Å². The van der Waals surface area contributed by atoms with Gasteiger partial charge in [-0.1, -0.05) is 32.0 Å². The van der Waals surface area contributed by atoms with Gasteiger partial charge in [-0.15, -0.1) is 0 Å². The maximum Gasteiger partial charge on any atom is 0.325 e. The van der Waals surface area contributed by atoms with Crippen molar-refractivity contribution in [1.82, 2.24) is 4.90 Å². The van der Waals surface area contributed by atoms with E-state index in [1.807, 2.05) is 24.8 Å². The Balaban J connectivity index is 2.34. The zero-order valence-electron chi connectivity index (χ0n) is 11.9. The number of carbonyl (C=O) groups is 1. The average Bonchev–Trinajstić information content (AvgIpc) is 2.43. The quantitative estimate of drug-likeness (QED) is 0.885. The fraction of sp³-hybridized carbons (Fsp3) is 0.562. The smallest absolute Gasteiger partial charge is 0.325 e. The van der Waals surface area contributed by atoms with Crippen LogP contribution in [-0.4, -0.2) is 29.1 Å². The number of benzene rings is 1. The molecule has 2 rings (SSSR count). The molecule has 19 heavy (non-hydrogen) atoms. The summed E-state index contributed by atoms with van der Waals surface area (Å²) in [6.45, 7) is 5.53. The first-order valence-electron chi connectivity index (χ1n) is 7.26. The van der Waals surface area contributed by atoms with E-state index in [1.54, 1.807) is 0 Å². The van der Waals surface area contributed by atoms with Crippen LogP contribution in [0.1, 0.15) is 49.4 Å². The first kappa shape index (κ1) is 14.1. The molecule has 0 saturated carbocycles. The van der Waals surface area contributed by atoms with Crippen molar-refractivity contribution in [3.05, 3.63) is 34.9 Å². The van der Waals surface area contributed by atoms with Gasteiger partial charge in [-0.2, -0.15) is 0 Å². The molecule has 0 amide bonds. The number of carboxylic acids is 1. The van der Waals surface area contributed by atoms with Crippen molar-refractivity contribution in [3.63, 3.8) is 0 Å². The molecule has 1 aliphatic carbocycles. The largest absolute Gasteiger partial charge is 0.480 e. The molecule has 3 nitrogen and oxygen atoms in total. The fourth-order valence-corrected chi connectivity index (χ4v) is 3.02. The molecule has 0 aromatic heterocycles. The van der Waals surface area contributed by atoms with Crippen LogP contribution in [0.5, 0.6) is 0 Å². The summed E-state index contributed by atoms with van der Waals surface area (Å²) in [6.07, 6.45) is 4.70. The summed E-state index contributed by atoms with van der Waals surface area (Å²) in [5, 5.41) is 9.52. The van der Waals surface area contributed by atoms with Gasteiger partial charge in [-0.3, -0.25) is 9.69 Å². The van der Waals surface area contributed by atoms with E-state index in [9.17, 15) is 9.90 Å². The first-order valence-corrected chi connectivity index (χ1v) is 7.26. The van der Waals surface area contributed by atoms with Crippen LogP contribution >= 0.6 is 0 Å². The van der Waals surface area contributed by atoms with E-state index in [4.69, 9.17) is 0 Å². The third-order valence-electron chi connectivity index (χ3n) is 4.10. The third kappa shape index (κ3) is 2.98. The predicted molar refractivity (Wildman–Crippen MR) is 76.4 cm³/mol. The summed E-state index contributed by atoms with van der Waals surface area (Å²) in [7, 11) is 0. The molecular formula is C16H23NO2. The molecular weight excluding hydrogens is 238 g/mol. The van der Waals surface area contributed by atoms with Crippen molar-refractivity contribution in [3.8, 4) is 0 Å². The highest BCUT2D eigenvalue weighted by molar-refractivity contribution is 5.75. The molecule has 1 aromatic rings. The zero-order chi connectivity index (χ0) is 13.8. The molecule has 1 atom stereocenters. The van der Waals surface area contributed by atoms with Gasteiger partial charge in [0, 0.05) is 0 Å². The number of hydrogen-bond donors (Lipinski definition) is 1. The molecule has 1 N–H and O–H groups in total. The number of aryl methyl sites for hydroxylation is 2. The highest BCUT2D eigenvalue weighted by Crippen LogP contribution is 2.27. The number of fused-ring (bicyclic) bond motifs is 1. The lowest BCUT2D eigenvalue weighted by molar-refractivity contribution is -0.143. The van der Waals surface area contributed by atoms with Gasteiger partial charge in [-0.25, -0.2) is 0 Å². The minimum absolute atomic E-state index is 0.512. The Kier molecular flexibility index (Phi) is 4.59. The van der Waals surface area contributed by atoms with Gasteiger partial charge in [0.15, 0.2) is 0 Å². The SMILES string of the molecule is CCN(CC)C(C(=O)O)c1ccc2c(c1)CCCC2. The molecule has 0 bridgehead atoms. The molecule has 104 valence electrons. The van der Waals surface area contributed by atoms with Crippen molar-refractivity contribution in [1.29, 1.82) is 0 Å². The number of nitrogens with zero attached hydrogens (tertiary/aromatic N) is 1. The van der Waals surface area contributed by atoms with Gasteiger partial charge in [-0.05, 0) is 55.5 Å². The van der Waals surface area contributed by atoms with Crippen molar-refractivity contribution < 1.29 is 9.90 Å². The number of aliphatic carboxylic acids is 1. The Morgan fingerprint density at radius 3 is 2.42 bits per heavy atom. The van der Waals surface area contributed by atoms with Crippen molar-refractivity contribution in [2.75, 3.05) is 13.1 Å². The summed E-state index contributed by atoms with van der Waals surface area (Å²) < 4.78 is 0. The lowest BCUT2D eigenvalue weighted by Crippen LogP contribution is -2.34. The second-order valence-electron chi connectivity index (χ2n) is 5.20.